The molecule has 0 heterocycles. The smallest absolute Gasteiger partial charge is 0.303 e. The van der Waals surface area contributed by atoms with Gasteiger partial charge in [-0.1, -0.05) is 24.3 Å². The van der Waals surface area contributed by atoms with Crippen molar-refractivity contribution in [3.63, 3.8) is 0 Å². The molecule has 0 aliphatic rings. The summed E-state index contributed by atoms with van der Waals surface area (Å²) in [5, 5.41) is 29.1. The van der Waals surface area contributed by atoms with Crippen molar-refractivity contribution in [3.8, 4) is 5.75 Å². The molecule has 2 aromatic carbocycles. The van der Waals surface area contributed by atoms with Crippen molar-refractivity contribution < 1.29 is 19.8 Å². The van der Waals surface area contributed by atoms with Crippen molar-refractivity contribution in [3.05, 3.63) is 65.2 Å². The molecule has 140 valence electrons. The lowest BCUT2D eigenvalue weighted by Gasteiger charge is -2.09. The highest BCUT2D eigenvalue weighted by molar-refractivity contribution is 6.02. The molecule has 0 amide bonds. The molecule has 0 aliphatic heterocycles. The van der Waals surface area contributed by atoms with Crippen LogP contribution in [0.15, 0.2) is 48.5 Å². The zero-order valence-electron chi connectivity index (χ0n) is 14.6. The number of nitrogen functional groups attached to an aromatic ring is 1. The van der Waals surface area contributed by atoms with Gasteiger partial charge in [-0.05, 0) is 30.3 Å². The number of carbonyl (C=O) groups is 2. The molecule has 0 unspecified atom stereocenters. The third-order valence-corrected chi connectivity index (χ3v) is 3.84. The molecule has 0 spiro atoms. The number of hydrogen-bond donors (Lipinski definition) is 5. The van der Waals surface area contributed by atoms with E-state index in [0.717, 1.165) is 0 Å². The molecule has 0 atom stereocenters. The second-order valence-corrected chi connectivity index (χ2v) is 5.83. The predicted molar refractivity (Wildman–Crippen MR) is 104 cm³/mol. The number of carboxylic acids is 1. The average Bonchev–Trinajstić information content (AvgIpc) is 2.64. The molecule has 0 radical (unpaired) electrons. The van der Waals surface area contributed by atoms with E-state index in [1.165, 1.54) is 6.07 Å². The molecule has 27 heavy (non-hydrogen) atoms. The van der Waals surface area contributed by atoms with Crippen LogP contribution in [0.5, 0.6) is 5.75 Å². The van der Waals surface area contributed by atoms with Gasteiger partial charge in [-0.15, -0.1) is 0 Å². The zero-order valence-corrected chi connectivity index (χ0v) is 14.6. The largest absolute Gasteiger partial charge is 0.507 e. The highest BCUT2D eigenvalue weighted by Crippen LogP contribution is 2.20. The fraction of sp³-hybridized carbons (Fsp3) is 0.150. The summed E-state index contributed by atoms with van der Waals surface area (Å²) in [5.41, 5.74) is 7.53. The summed E-state index contributed by atoms with van der Waals surface area (Å²) in [6.07, 6.45) is 3.18. The minimum absolute atomic E-state index is 0.0599. The van der Waals surface area contributed by atoms with Crippen LogP contribution >= 0.6 is 0 Å². The number of carboxylic acid groups (broad SMARTS) is 1. The number of anilines is 1. The van der Waals surface area contributed by atoms with Crippen LogP contribution in [0.1, 0.15) is 34.3 Å². The summed E-state index contributed by atoms with van der Waals surface area (Å²) in [4.78, 5) is 22.8. The number of aromatic hydroxyl groups is 1. The van der Waals surface area contributed by atoms with Crippen molar-refractivity contribution >= 4 is 29.4 Å². The second kappa shape index (κ2) is 9.19. The van der Waals surface area contributed by atoms with E-state index in [2.05, 4.69) is 5.32 Å². The highest BCUT2D eigenvalue weighted by Gasteiger charge is 2.12. The number of aliphatic carboxylic acids is 1. The first kappa shape index (κ1) is 19.7. The number of para-hydroxylation sites is 1. The van der Waals surface area contributed by atoms with Gasteiger partial charge in [-0.25, -0.2) is 0 Å². The SMILES string of the molecule is N=C(N)c1ccc(O)c(C=CCNc2ccccc2C(=O)CCC(=O)O)c1. The Balaban J connectivity index is 2.04. The Kier molecular flexibility index (Phi) is 6.71. The van der Waals surface area contributed by atoms with Crippen LogP contribution in [0, 0.1) is 5.41 Å². The Morgan fingerprint density at radius 2 is 1.89 bits per heavy atom. The fourth-order valence-corrected chi connectivity index (χ4v) is 2.45. The Bertz CT molecular complexity index is 891. The number of Topliss-reactive ketones (excluding diaryl/α,β-unsaturated/α-hetero) is 1. The van der Waals surface area contributed by atoms with Crippen molar-refractivity contribution in [2.75, 3.05) is 11.9 Å². The molecular formula is C20H21N3O4. The topological polar surface area (TPSA) is 136 Å². The number of ketones is 1. The zero-order chi connectivity index (χ0) is 19.8. The Hall–Kier alpha value is -3.61. The number of carbonyl (C=O) groups excluding carboxylic acids is 1. The molecule has 2 aromatic rings. The molecule has 0 fully saturated rings. The van der Waals surface area contributed by atoms with Gasteiger partial charge in [0, 0.05) is 35.3 Å². The van der Waals surface area contributed by atoms with Crippen LogP contribution in [0.25, 0.3) is 6.08 Å². The third kappa shape index (κ3) is 5.71. The summed E-state index contributed by atoms with van der Waals surface area (Å²) < 4.78 is 0. The van der Waals surface area contributed by atoms with Gasteiger partial charge in [0.15, 0.2) is 5.78 Å². The van der Waals surface area contributed by atoms with Gasteiger partial charge in [-0.2, -0.15) is 0 Å². The summed E-state index contributed by atoms with van der Waals surface area (Å²) in [6, 6.07) is 11.5. The number of rotatable bonds is 9. The Morgan fingerprint density at radius 3 is 2.59 bits per heavy atom. The van der Waals surface area contributed by atoms with Gasteiger partial charge >= 0.3 is 5.97 Å². The summed E-state index contributed by atoms with van der Waals surface area (Å²) in [5.74, 6) is -1.27. The minimum atomic E-state index is -1.01. The van der Waals surface area contributed by atoms with Gasteiger partial charge in [0.2, 0.25) is 0 Å². The normalized spacial score (nSPS) is 10.7. The van der Waals surface area contributed by atoms with E-state index in [-0.39, 0.29) is 30.2 Å². The summed E-state index contributed by atoms with van der Waals surface area (Å²) >= 11 is 0. The Morgan fingerprint density at radius 1 is 1.15 bits per heavy atom. The molecule has 6 N–H and O–H groups in total. The Labute approximate surface area is 156 Å². The van der Waals surface area contributed by atoms with Crippen LogP contribution in [0.3, 0.4) is 0 Å². The average molecular weight is 367 g/mol. The number of hydrogen-bond acceptors (Lipinski definition) is 5. The van der Waals surface area contributed by atoms with Gasteiger partial charge in [0.05, 0.1) is 6.42 Å². The van der Waals surface area contributed by atoms with Crippen molar-refractivity contribution in [2.24, 2.45) is 5.73 Å². The van der Waals surface area contributed by atoms with E-state index in [4.69, 9.17) is 16.2 Å². The molecule has 0 aliphatic carbocycles. The maximum atomic E-state index is 12.2. The molecule has 0 saturated heterocycles. The quantitative estimate of drug-likeness (QED) is 0.263. The minimum Gasteiger partial charge on any atom is -0.507 e. The molecule has 0 bridgehead atoms. The number of benzene rings is 2. The van der Waals surface area contributed by atoms with E-state index < -0.39 is 5.97 Å². The van der Waals surface area contributed by atoms with Crippen LogP contribution in [0.4, 0.5) is 5.69 Å². The van der Waals surface area contributed by atoms with E-state index in [0.29, 0.717) is 28.9 Å². The second-order valence-electron chi connectivity index (χ2n) is 5.83. The first-order chi connectivity index (χ1) is 12.9. The van der Waals surface area contributed by atoms with Crippen molar-refractivity contribution in [2.45, 2.75) is 12.8 Å². The van der Waals surface area contributed by atoms with Crippen LogP contribution < -0.4 is 11.1 Å². The van der Waals surface area contributed by atoms with Crippen molar-refractivity contribution in [1.29, 1.82) is 5.41 Å². The highest BCUT2D eigenvalue weighted by atomic mass is 16.4. The van der Waals surface area contributed by atoms with Crippen LogP contribution in [0.2, 0.25) is 0 Å². The van der Waals surface area contributed by atoms with Crippen LogP contribution in [-0.4, -0.2) is 34.3 Å². The molecular weight excluding hydrogens is 346 g/mol. The monoisotopic (exact) mass is 367 g/mol. The molecule has 2 rings (SSSR count). The van der Waals surface area contributed by atoms with E-state index in [1.807, 2.05) is 0 Å². The number of phenolic OH excluding ortho intramolecular Hbond substituents is 1. The lowest BCUT2D eigenvalue weighted by Crippen LogP contribution is -2.10. The number of amidine groups is 1. The molecule has 7 heteroatoms. The first-order valence-electron chi connectivity index (χ1n) is 8.30. The standard InChI is InChI=1S/C20H21N3O4/c21-20(22)14-7-8-17(24)13(12-14)4-3-11-23-16-6-2-1-5-15(16)18(25)9-10-19(26)27/h1-8,12,23-24H,9-11H2,(H3,21,22)(H,26,27). The van der Waals surface area contributed by atoms with Crippen LogP contribution in [-0.2, 0) is 4.79 Å². The number of phenols is 1. The maximum absolute atomic E-state index is 12.2. The fourth-order valence-electron chi connectivity index (χ4n) is 2.45. The van der Waals surface area contributed by atoms with Crippen molar-refractivity contribution in [1.82, 2.24) is 0 Å². The predicted octanol–water partition coefficient (Wildman–Crippen LogP) is 2.85. The van der Waals surface area contributed by atoms with Gasteiger partial charge < -0.3 is 21.3 Å². The van der Waals surface area contributed by atoms with Gasteiger partial charge in [0.25, 0.3) is 0 Å². The van der Waals surface area contributed by atoms with Gasteiger partial charge in [0.1, 0.15) is 11.6 Å². The van der Waals surface area contributed by atoms with Gasteiger partial charge in [-0.3, -0.25) is 15.0 Å². The molecule has 0 saturated carbocycles. The number of nitrogens with one attached hydrogen (secondary N) is 2. The van der Waals surface area contributed by atoms with E-state index >= 15 is 0 Å². The lowest BCUT2D eigenvalue weighted by molar-refractivity contribution is -0.136. The number of nitrogens with two attached hydrogens (primary N) is 1. The van der Waals surface area contributed by atoms with E-state index in [1.54, 1.807) is 48.6 Å². The maximum Gasteiger partial charge on any atom is 0.303 e. The van der Waals surface area contributed by atoms with E-state index in [9.17, 15) is 14.7 Å². The summed E-state index contributed by atoms with van der Waals surface area (Å²) in [7, 11) is 0. The third-order valence-electron chi connectivity index (χ3n) is 3.84. The molecule has 0 aromatic heterocycles. The first-order valence-corrected chi connectivity index (χ1v) is 8.30. The molecule has 7 nitrogen and oxygen atoms in total. The summed E-state index contributed by atoms with van der Waals surface area (Å²) in [6.45, 7) is 0.382. The lowest BCUT2D eigenvalue weighted by atomic mass is 10.0.